The fourth-order valence-corrected chi connectivity index (χ4v) is 1.61. The molecule has 19 heavy (non-hydrogen) atoms. The Hall–Kier alpha value is -1.85. The van der Waals surface area contributed by atoms with Gasteiger partial charge in [0.15, 0.2) is 0 Å². The Balaban J connectivity index is 2.89. The molecule has 0 aliphatic heterocycles. The van der Waals surface area contributed by atoms with Crippen LogP contribution in [-0.2, 0) is 11.2 Å². The quantitative estimate of drug-likeness (QED) is 0.693. The van der Waals surface area contributed by atoms with Crippen molar-refractivity contribution in [2.24, 2.45) is 11.1 Å². The van der Waals surface area contributed by atoms with E-state index in [1.54, 1.807) is 13.8 Å². The summed E-state index contributed by atoms with van der Waals surface area (Å²) in [6.07, 6.45) is 2.32. The highest BCUT2D eigenvalue weighted by atomic mass is 16.1. The summed E-state index contributed by atoms with van der Waals surface area (Å²) < 4.78 is 0. The highest BCUT2D eigenvalue weighted by Crippen LogP contribution is 2.22. The fraction of sp³-hybridized carbons (Fsp3) is 0.615. The standard InChI is InChI=1S/C13H23N5O/c1-5-9-10(15-6-2)17-8-18-11(9)16-7-13(3,4)12(14)19/h8H,5-7H2,1-4H3,(H2,14,19)(H2,15,16,17,18). The average Bonchev–Trinajstić information content (AvgIpc) is 2.36. The van der Waals surface area contributed by atoms with Gasteiger partial charge in [0.2, 0.25) is 5.91 Å². The van der Waals surface area contributed by atoms with Crippen LogP contribution in [0, 0.1) is 5.41 Å². The normalized spacial score (nSPS) is 11.2. The summed E-state index contributed by atoms with van der Waals surface area (Å²) in [5.41, 5.74) is 5.76. The van der Waals surface area contributed by atoms with Crippen LogP contribution in [0.2, 0.25) is 0 Å². The molecule has 0 saturated heterocycles. The van der Waals surface area contributed by atoms with Crippen LogP contribution in [0.5, 0.6) is 0 Å². The van der Waals surface area contributed by atoms with Crippen molar-refractivity contribution in [3.8, 4) is 0 Å². The van der Waals surface area contributed by atoms with Gasteiger partial charge in [-0.1, -0.05) is 6.92 Å². The first-order valence-corrected chi connectivity index (χ1v) is 6.53. The number of nitrogens with zero attached hydrogens (tertiary/aromatic N) is 2. The highest BCUT2D eigenvalue weighted by Gasteiger charge is 2.25. The third-order valence-corrected chi connectivity index (χ3v) is 3.01. The minimum absolute atomic E-state index is 0.334. The third-order valence-electron chi connectivity index (χ3n) is 3.01. The van der Waals surface area contributed by atoms with Gasteiger partial charge in [0, 0.05) is 18.7 Å². The Kier molecular flexibility index (Phi) is 5.09. The number of rotatable bonds is 7. The summed E-state index contributed by atoms with van der Waals surface area (Å²) in [6.45, 7) is 8.92. The van der Waals surface area contributed by atoms with Gasteiger partial charge in [0.1, 0.15) is 18.0 Å². The van der Waals surface area contributed by atoms with Gasteiger partial charge < -0.3 is 16.4 Å². The van der Waals surface area contributed by atoms with Gasteiger partial charge >= 0.3 is 0 Å². The van der Waals surface area contributed by atoms with E-state index in [1.807, 2.05) is 13.8 Å². The van der Waals surface area contributed by atoms with E-state index >= 15 is 0 Å². The van der Waals surface area contributed by atoms with Gasteiger partial charge in [-0.15, -0.1) is 0 Å². The summed E-state index contributed by atoms with van der Waals surface area (Å²) >= 11 is 0. The van der Waals surface area contributed by atoms with Crippen LogP contribution >= 0.6 is 0 Å². The molecule has 0 unspecified atom stereocenters. The van der Waals surface area contributed by atoms with Gasteiger partial charge in [-0.05, 0) is 27.2 Å². The Morgan fingerprint density at radius 3 is 2.32 bits per heavy atom. The second-order valence-electron chi connectivity index (χ2n) is 5.04. The summed E-state index contributed by atoms with van der Waals surface area (Å²) in [5, 5.41) is 6.40. The average molecular weight is 265 g/mol. The number of hydrogen-bond acceptors (Lipinski definition) is 5. The molecule has 0 aromatic carbocycles. The molecule has 1 amide bonds. The molecule has 6 nitrogen and oxygen atoms in total. The minimum Gasteiger partial charge on any atom is -0.370 e. The van der Waals surface area contributed by atoms with Crippen molar-refractivity contribution in [2.75, 3.05) is 23.7 Å². The smallest absolute Gasteiger partial charge is 0.224 e. The topological polar surface area (TPSA) is 92.9 Å². The lowest BCUT2D eigenvalue weighted by Gasteiger charge is -2.22. The molecule has 0 fully saturated rings. The second-order valence-corrected chi connectivity index (χ2v) is 5.04. The number of aromatic nitrogens is 2. The predicted molar refractivity (Wildman–Crippen MR) is 77.0 cm³/mol. The first-order valence-electron chi connectivity index (χ1n) is 6.53. The van der Waals surface area contributed by atoms with E-state index in [0.717, 1.165) is 30.2 Å². The highest BCUT2D eigenvalue weighted by molar-refractivity contribution is 5.80. The number of hydrogen-bond donors (Lipinski definition) is 3. The molecule has 6 heteroatoms. The molecular weight excluding hydrogens is 242 g/mol. The molecule has 0 atom stereocenters. The third kappa shape index (κ3) is 3.81. The Bertz CT molecular complexity index is 445. The molecule has 106 valence electrons. The van der Waals surface area contributed by atoms with Crippen molar-refractivity contribution in [1.82, 2.24) is 9.97 Å². The first kappa shape index (κ1) is 15.2. The number of carbonyl (C=O) groups is 1. The van der Waals surface area contributed by atoms with E-state index in [1.165, 1.54) is 6.33 Å². The number of primary amides is 1. The number of nitrogens with two attached hydrogens (primary N) is 1. The van der Waals surface area contributed by atoms with Crippen molar-refractivity contribution < 1.29 is 4.79 Å². The largest absolute Gasteiger partial charge is 0.370 e. The van der Waals surface area contributed by atoms with Crippen molar-refractivity contribution in [3.05, 3.63) is 11.9 Å². The Morgan fingerprint density at radius 1 is 1.26 bits per heavy atom. The molecule has 0 aliphatic carbocycles. The molecule has 0 saturated carbocycles. The molecule has 0 spiro atoms. The number of anilines is 2. The van der Waals surface area contributed by atoms with E-state index < -0.39 is 5.41 Å². The summed E-state index contributed by atoms with van der Waals surface area (Å²) in [6, 6.07) is 0. The van der Waals surface area contributed by atoms with E-state index in [9.17, 15) is 4.79 Å². The molecular formula is C13H23N5O. The maximum Gasteiger partial charge on any atom is 0.224 e. The first-order chi connectivity index (χ1) is 8.92. The van der Waals surface area contributed by atoms with Gasteiger partial charge in [-0.3, -0.25) is 4.79 Å². The molecule has 1 rings (SSSR count). The molecule has 4 N–H and O–H groups in total. The maximum absolute atomic E-state index is 11.3. The van der Waals surface area contributed by atoms with E-state index in [0.29, 0.717) is 6.54 Å². The predicted octanol–water partition coefficient (Wildman–Crippen LogP) is 1.39. The molecule has 1 aromatic heterocycles. The summed E-state index contributed by atoms with van der Waals surface area (Å²) in [5.74, 6) is 1.25. The molecule has 1 aromatic rings. The lowest BCUT2D eigenvalue weighted by molar-refractivity contribution is -0.125. The van der Waals surface area contributed by atoms with Crippen LogP contribution in [0.1, 0.15) is 33.3 Å². The van der Waals surface area contributed by atoms with Crippen molar-refractivity contribution in [3.63, 3.8) is 0 Å². The van der Waals surface area contributed by atoms with Crippen molar-refractivity contribution >= 4 is 17.5 Å². The maximum atomic E-state index is 11.3. The second kappa shape index (κ2) is 6.36. The molecule has 0 radical (unpaired) electrons. The zero-order chi connectivity index (χ0) is 14.5. The van der Waals surface area contributed by atoms with Gasteiger partial charge in [-0.25, -0.2) is 9.97 Å². The summed E-state index contributed by atoms with van der Waals surface area (Å²) in [4.78, 5) is 19.8. The van der Waals surface area contributed by atoms with Crippen LogP contribution in [0.25, 0.3) is 0 Å². The van der Waals surface area contributed by atoms with Gasteiger partial charge in [0.25, 0.3) is 0 Å². The van der Waals surface area contributed by atoms with Crippen LogP contribution in [-0.4, -0.2) is 29.0 Å². The lowest BCUT2D eigenvalue weighted by Crippen LogP contribution is -2.37. The molecule has 0 bridgehead atoms. The number of carbonyl (C=O) groups excluding carboxylic acids is 1. The lowest BCUT2D eigenvalue weighted by atomic mass is 9.93. The van der Waals surface area contributed by atoms with E-state index in [-0.39, 0.29) is 5.91 Å². The zero-order valence-corrected chi connectivity index (χ0v) is 12.1. The fourth-order valence-electron chi connectivity index (χ4n) is 1.61. The molecule has 0 aliphatic rings. The van der Waals surface area contributed by atoms with Crippen LogP contribution in [0.15, 0.2) is 6.33 Å². The molecule has 1 heterocycles. The monoisotopic (exact) mass is 265 g/mol. The van der Waals surface area contributed by atoms with E-state index in [4.69, 9.17) is 5.73 Å². The Labute approximate surface area is 114 Å². The minimum atomic E-state index is -0.617. The SMILES string of the molecule is CCNc1ncnc(NCC(C)(C)C(N)=O)c1CC. The van der Waals surface area contributed by atoms with Crippen LogP contribution in [0.4, 0.5) is 11.6 Å². The Morgan fingerprint density at radius 2 is 1.84 bits per heavy atom. The van der Waals surface area contributed by atoms with Gasteiger partial charge in [0.05, 0.1) is 5.41 Å². The van der Waals surface area contributed by atoms with Crippen molar-refractivity contribution in [2.45, 2.75) is 34.1 Å². The van der Waals surface area contributed by atoms with E-state index in [2.05, 4.69) is 20.6 Å². The zero-order valence-electron chi connectivity index (χ0n) is 12.1. The van der Waals surface area contributed by atoms with Gasteiger partial charge in [-0.2, -0.15) is 0 Å². The number of nitrogens with one attached hydrogen (secondary N) is 2. The van der Waals surface area contributed by atoms with Crippen LogP contribution in [0.3, 0.4) is 0 Å². The van der Waals surface area contributed by atoms with Crippen LogP contribution < -0.4 is 16.4 Å². The summed E-state index contributed by atoms with van der Waals surface area (Å²) in [7, 11) is 0. The van der Waals surface area contributed by atoms with Crippen molar-refractivity contribution in [1.29, 1.82) is 0 Å². The number of amides is 1.